The van der Waals surface area contributed by atoms with Crippen LogP contribution in [0.4, 0.5) is 9.59 Å². The molecular formula is C35H60ClN3O6. The predicted octanol–water partition coefficient (Wildman–Crippen LogP) is 8.63. The monoisotopic (exact) mass is 653 g/mol. The fourth-order valence-electron chi connectivity index (χ4n) is 6.35. The number of unbranched alkanes of at least 4 members (excludes halogenated alkanes) is 10. The molecule has 2 rings (SSSR count). The van der Waals surface area contributed by atoms with Crippen LogP contribution < -0.4 is 5.32 Å². The summed E-state index contributed by atoms with van der Waals surface area (Å²) in [5.41, 5.74) is -0.384. The normalized spacial score (nSPS) is 18.1. The summed E-state index contributed by atoms with van der Waals surface area (Å²) in [4.78, 5) is 43.2. The highest BCUT2D eigenvalue weighted by Crippen LogP contribution is 2.42. The molecule has 1 aromatic heterocycles. The van der Waals surface area contributed by atoms with Crippen molar-refractivity contribution in [2.24, 2.45) is 11.8 Å². The van der Waals surface area contributed by atoms with E-state index in [1.165, 1.54) is 71.1 Å². The van der Waals surface area contributed by atoms with Crippen molar-refractivity contribution in [3.63, 3.8) is 0 Å². The van der Waals surface area contributed by atoms with Gasteiger partial charge in [0.05, 0.1) is 12.2 Å². The van der Waals surface area contributed by atoms with E-state index in [4.69, 9.17) is 14.2 Å². The maximum Gasteiger partial charge on any atom is 0.416 e. The number of aromatic nitrogens is 1. The van der Waals surface area contributed by atoms with Crippen LogP contribution in [0.1, 0.15) is 130 Å². The van der Waals surface area contributed by atoms with Crippen molar-refractivity contribution in [1.82, 2.24) is 15.2 Å². The molecule has 1 saturated heterocycles. The number of halogens is 1. The third-order valence-electron chi connectivity index (χ3n) is 8.76. The van der Waals surface area contributed by atoms with E-state index in [1.807, 2.05) is 6.92 Å². The van der Waals surface area contributed by atoms with Gasteiger partial charge in [-0.05, 0) is 37.3 Å². The van der Waals surface area contributed by atoms with Crippen LogP contribution in [-0.4, -0.2) is 59.9 Å². The number of ether oxygens (including phenoxy) is 3. The first-order chi connectivity index (χ1) is 21.4. The summed E-state index contributed by atoms with van der Waals surface area (Å²) in [6, 6.07) is 5.34. The van der Waals surface area contributed by atoms with Crippen molar-refractivity contribution >= 4 is 30.5 Å². The fraction of sp³-hybridized carbons (Fsp3) is 0.771. The van der Waals surface area contributed by atoms with Crippen LogP contribution in [0, 0.1) is 11.8 Å². The zero-order valence-corrected chi connectivity index (χ0v) is 29.2. The Labute approximate surface area is 278 Å². The highest BCUT2D eigenvalue weighted by molar-refractivity contribution is 5.90. The number of amides is 3. The number of hydrogen-bond acceptors (Lipinski definition) is 7. The zero-order valence-electron chi connectivity index (χ0n) is 28.4. The molecule has 0 saturated carbocycles. The smallest absolute Gasteiger partial charge is 0.416 e. The maximum absolute atomic E-state index is 13.2. The number of pyridine rings is 1. The van der Waals surface area contributed by atoms with Gasteiger partial charge in [-0.1, -0.05) is 110 Å². The lowest BCUT2D eigenvalue weighted by Gasteiger charge is -2.38. The second-order valence-electron chi connectivity index (χ2n) is 12.3. The van der Waals surface area contributed by atoms with Gasteiger partial charge in [0.2, 0.25) is 5.91 Å². The van der Waals surface area contributed by atoms with Gasteiger partial charge in [-0.15, -0.1) is 12.4 Å². The van der Waals surface area contributed by atoms with Crippen molar-refractivity contribution < 1.29 is 28.6 Å². The van der Waals surface area contributed by atoms with Crippen molar-refractivity contribution in [3.8, 4) is 0 Å². The number of carbonyl (C=O) groups excluding carboxylic acids is 3. The highest BCUT2D eigenvalue weighted by Gasteiger charge is 2.50. The minimum absolute atomic E-state index is 0. The number of hydrogen-bond donors (Lipinski definition) is 1. The van der Waals surface area contributed by atoms with E-state index in [0.717, 1.165) is 37.0 Å². The molecule has 0 bridgehead atoms. The molecule has 45 heavy (non-hydrogen) atoms. The first kappa shape index (κ1) is 40.6. The number of nitrogens with zero attached hydrogens (tertiary/aromatic N) is 2. The molecule has 0 spiro atoms. The van der Waals surface area contributed by atoms with Crippen molar-refractivity contribution in [2.75, 3.05) is 26.4 Å². The second kappa shape index (κ2) is 23.9. The molecule has 1 aliphatic heterocycles. The molecule has 1 N–H and O–H groups in total. The van der Waals surface area contributed by atoms with E-state index < -0.39 is 23.7 Å². The average Bonchev–Trinajstić information content (AvgIpc) is 3.44. The van der Waals surface area contributed by atoms with Gasteiger partial charge >= 0.3 is 12.2 Å². The van der Waals surface area contributed by atoms with E-state index in [-0.39, 0.29) is 38.1 Å². The molecule has 1 fully saturated rings. The molecule has 0 aliphatic carbocycles. The Morgan fingerprint density at radius 1 is 0.933 bits per heavy atom. The summed E-state index contributed by atoms with van der Waals surface area (Å²) in [7, 11) is 0. The van der Waals surface area contributed by atoms with Gasteiger partial charge in [0.25, 0.3) is 0 Å². The molecule has 2 heterocycles. The van der Waals surface area contributed by atoms with Crippen LogP contribution in [0.5, 0.6) is 0 Å². The van der Waals surface area contributed by atoms with Crippen LogP contribution in [0.25, 0.3) is 0 Å². The predicted molar refractivity (Wildman–Crippen MR) is 180 cm³/mol. The Balaban J connectivity index is 0.0000101. The minimum Gasteiger partial charge on any atom is -0.446 e. The third kappa shape index (κ3) is 15.2. The maximum atomic E-state index is 13.2. The van der Waals surface area contributed by atoms with Gasteiger partial charge in [-0.2, -0.15) is 0 Å². The van der Waals surface area contributed by atoms with E-state index in [2.05, 4.69) is 24.1 Å². The van der Waals surface area contributed by atoms with Crippen LogP contribution in [-0.2, 0) is 25.5 Å². The quantitative estimate of drug-likeness (QED) is 0.125. The summed E-state index contributed by atoms with van der Waals surface area (Å²) in [6.45, 7) is 8.46. The molecule has 0 aromatic carbocycles. The first-order valence-electron chi connectivity index (χ1n) is 17.3. The Morgan fingerprint density at radius 2 is 1.58 bits per heavy atom. The lowest BCUT2D eigenvalue weighted by Crippen LogP contribution is -2.50. The van der Waals surface area contributed by atoms with Gasteiger partial charge in [0, 0.05) is 26.3 Å². The van der Waals surface area contributed by atoms with Crippen LogP contribution in [0.15, 0.2) is 24.4 Å². The van der Waals surface area contributed by atoms with Gasteiger partial charge in [0.1, 0.15) is 18.8 Å². The number of carbonyl (C=O) groups is 3. The van der Waals surface area contributed by atoms with E-state index in [9.17, 15) is 14.4 Å². The molecule has 1 unspecified atom stereocenters. The molecule has 1 aliphatic rings. The van der Waals surface area contributed by atoms with Crippen molar-refractivity contribution in [3.05, 3.63) is 30.1 Å². The summed E-state index contributed by atoms with van der Waals surface area (Å²) in [6.07, 6.45) is 18.6. The Bertz CT molecular complexity index is 953. The van der Waals surface area contributed by atoms with E-state index in [0.29, 0.717) is 24.8 Å². The number of rotatable bonds is 22. The summed E-state index contributed by atoms with van der Waals surface area (Å²) < 4.78 is 17.7. The zero-order chi connectivity index (χ0) is 32.0. The molecule has 0 radical (unpaired) electrons. The minimum atomic E-state index is -0.966. The van der Waals surface area contributed by atoms with Gasteiger partial charge < -0.3 is 19.5 Å². The molecule has 10 heteroatoms. The van der Waals surface area contributed by atoms with Crippen molar-refractivity contribution in [2.45, 2.75) is 136 Å². The summed E-state index contributed by atoms with van der Waals surface area (Å²) >= 11 is 0. The fourth-order valence-corrected chi connectivity index (χ4v) is 6.35. The Hall–Kier alpha value is -2.39. The lowest BCUT2D eigenvalue weighted by atomic mass is 9.74. The molecule has 3 atom stereocenters. The third-order valence-corrected chi connectivity index (χ3v) is 8.76. The Kier molecular flexibility index (Phi) is 21.6. The molecule has 3 amide bonds. The molecule has 1 aromatic rings. The van der Waals surface area contributed by atoms with Crippen LogP contribution >= 0.6 is 12.4 Å². The molecule has 9 nitrogen and oxygen atoms in total. The molecular weight excluding hydrogens is 594 g/mol. The van der Waals surface area contributed by atoms with Gasteiger partial charge in [-0.3, -0.25) is 9.78 Å². The second-order valence-corrected chi connectivity index (χ2v) is 12.3. The highest BCUT2D eigenvalue weighted by atomic mass is 35.5. The standard InChI is InChI=1S/C35H59N3O6.ClH/c1-5-8-9-10-11-12-13-14-15-16-17-21-30(20-6-2)32-23-25-44-35(32,27-42-33(40)36-7-3)28-43-34(41)38(29(4)39)26-31-22-18-19-24-37-31;/h18-19,22,24,30,32H,5-17,20-21,23,25-28H2,1-4H3,(H,36,40);1H/t30?,32-,35-;/m1./s1. The lowest BCUT2D eigenvalue weighted by molar-refractivity contribution is -0.131. The summed E-state index contributed by atoms with van der Waals surface area (Å²) in [5, 5.41) is 2.67. The van der Waals surface area contributed by atoms with Gasteiger partial charge in [0.15, 0.2) is 0 Å². The molecule has 258 valence electrons. The number of imide groups is 1. The van der Waals surface area contributed by atoms with Crippen molar-refractivity contribution in [1.29, 1.82) is 0 Å². The number of alkyl carbamates (subject to hydrolysis) is 1. The largest absolute Gasteiger partial charge is 0.446 e. The topological polar surface area (TPSA) is 107 Å². The SMILES string of the molecule is CCCCCCCCCCCCCC(CCC)[C@H]1CCO[C@]1(COC(=O)NCC)COC(=O)N(Cc1ccccn1)C(C)=O.Cl. The van der Waals surface area contributed by atoms with Crippen LogP contribution in [0.2, 0.25) is 0 Å². The first-order valence-corrected chi connectivity index (χ1v) is 17.3. The average molecular weight is 654 g/mol. The van der Waals surface area contributed by atoms with E-state index >= 15 is 0 Å². The van der Waals surface area contributed by atoms with Crippen LogP contribution in [0.3, 0.4) is 0 Å². The number of nitrogens with one attached hydrogen (secondary N) is 1. The summed E-state index contributed by atoms with van der Waals surface area (Å²) in [5.74, 6) is -0.0121. The van der Waals surface area contributed by atoms with E-state index in [1.54, 1.807) is 24.4 Å². The van der Waals surface area contributed by atoms with Gasteiger partial charge in [-0.25, -0.2) is 14.5 Å². The Morgan fingerprint density at radius 3 is 2.16 bits per heavy atom.